The zero-order chi connectivity index (χ0) is 20.9. The van der Waals surface area contributed by atoms with Gasteiger partial charge in [0.25, 0.3) is 0 Å². The maximum Gasteiger partial charge on any atom is 0.322 e. The van der Waals surface area contributed by atoms with Crippen molar-refractivity contribution in [3.63, 3.8) is 0 Å². The molecular formula is C18H26N4O5S. The third kappa shape index (κ3) is 9.38. The van der Waals surface area contributed by atoms with Crippen molar-refractivity contribution in [3.8, 4) is 0 Å². The molecule has 0 fully saturated rings. The van der Waals surface area contributed by atoms with E-state index < -0.39 is 42.3 Å². The summed E-state index contributed by atoms with van der Waals surface area (Å²) in [7, 11) is 0. The summed E-state index contributed by atoms with van der Waals surface area (Å²) < 4.78 is 0. The Morgan fingerprint density at radius 3 is 2.32 bits per heavy atom. The molecule has 3 amide bonds. The Kier molecular flexibility index (Phi) is 10.7. The van der Waals surface area contributed by atoms with Crippen molar-refractivity contribution in [2.24, 2.45) is 5.73 Å². The van der Waals surface area contributed by atoms with Gasteiger partial charge in [-0.05, 0) is 30.4 Å². The van der Waals surface area contributed by atoms with E-state index >= 15 is 0 Å². The summed E-state index contributed by atoms with van der Waals surface area (Å²) in [6, 6.07) is 7.57. The number of aliphatic carboxylic acids is 1. The van der Waals surface area contributed by atoms with E-state index in [1.165, 1.54) is 11.8 Å². The number of carbonyl (C=O) groups is 4. The molecule has 6 N–H and O–H groups in total. The van der Waals surface area contributed by atoms with E-state index in [0.29, 0.717) is 18.6 Å². The van der Waals surface area contributed by atoms with Crippen LogP contribution in [0.25, 0.3) is 0 Å². The SMILES string of the molecule is CSCCC(NC(=O)CNC(=O)C(N)Cc1ccccc1)C(=O)NCC(=O)O. The number of hydrogen-bond donors (Lipinski definition) is 5. The number of amides is 3. The number of nitrogens with two attached hydrogens (primary N) is 1. The van der Waals surface area contributed by atoms with Crippen LogP contribution in [0.4, 0.5) is 0 Å². The molecule has 1 aromatic carbocycles. The first-order chi connectivity index (χ1) is 13.3. The van der Waals surface area contributed by atoms with E-state index in [1.807, 2.05) is 36.6 Å². The molecule has 0 saturated carbocycles. The molecule has 1 rings (SSSR count). The highest BCUT2D eigenvalue weighted by Crippen LogP contribution is 2.02. The van der Waals surface area contributed by atoms with Gasteiger partial charge in [-0.25, -0.2) is 0 Å². The third-order valence-electron chi connectivity index (χ3n) is 3.73. The fourth-order valence-corrected chi connectivity index (χ4v) is 2.77. The highest BCUT2D eigenvalue weighted by molar-refractivity contribution is 7.98. The van der Waals surface area contributed by atoms with Gasteiger partial charge in [-0.3, -0.25) is 19.2 Å². The molecule has 9 nitrogen and oxygen atoms in total. The summed E-state index contributed by atoms with van der Waals surface area (Å²) in [5.41, 5.74) is 6.76. The Balaban J connectivity index is 2.48. The van der Waals surface area contributed by atoms with Crippen LogP contribution < -0.4 is 21.7 Å². The first-order valence-electron chi connectivity index (χ1n) is 8.68. The molecule has 10 heteroatoms. The van der Waals surface area contributed by atoms with E-state index in [2.05, 4.69) is 16.0 Å². The first kappa shape index (κ1) is 23.4. The topological polar surface area (TPSA) is 151 Å². The number of carbonyl (C=O) groups excluding carboxylic acids is 3. The Morgan fingerprint density at radius 1 is 1.07 bits per heavy atom. The van der Waals surface area contributed by atoms with Crippen molar-refractivity contribution in [1.82, 2.24) is 16.0 Å². The zero-order valence-corrected chi connectivity index (χ0v) is 16.5. The van der Waals surface area contributed by atoms with Gasteiger partial charge in [0.05, 0.1) is 12.6 Å². The smallest absolute Gasteiger partial charge is 0.322 e. The van der Waals surface area contributed by atoms with Crippen molar-refractivity contribution in [1.29, 1.82) is 0 Å². The molecular weight excluding hydrogens is 384 g/mol. The largest absolute Gasteiger partial charge is 0.480 e. The lowest BCUT2D eigenvalue weighted by atomic mass is 10.1. The van der Waals surface area contributed by atoms with Crippen LogP contribution in [-0.2, 0) is 25.6 Å². The summed E-state index contributed by atoms with van der Waals surface area (Å²) in [5, 5.41) is 15.8. The summed E-state index contributed by atoms with van der Waals surface area (Å²) >= 11 is 1.49. The van der Waals surface area contributed by atoms with E-state index in [0.717, 1.165) is 5.56 Å². The number of benzene rings is 1. The number of carboxylic acids is 1. The second-order valence-electron chi connectivity index (χ2n) is 6.03. The van der Waals surface area contributed by atoms with Crippen LogP contribution in [0.2, 0.25) is 0 Å². The van der Waals surface area contributed by atoms with Gasteiger partial charge in [0.1, 0.15) is 12.6 Å². The van der Waals surface area contributed by atoms with Crippen molar-refractivity contribution in [3.05, 3.63) is 35.9 Å². The molecule has 0 bridgehead atoms. The van der Waals surface area contributed by atoms with Crippen molar-refractivity contribution >= 4 is 35.5 Å². The van der Waals surface area contributed by atoms with Gasteiger partial charge in [0, 0.05) is 0 Å². The zero-order valence-electron chi connectivity index (χ0n) is 15.6. The average Bonchev–Trinajstić information content (AvgIpc) is 2.68. The minimum atomic E-state index is -1.18. The van der Waals surface area contributed by atoms with Crippen molar-refractivity contribution in [2.45, 2.75) is 24.9 Å². The highest BCUT2D eigenvalue weighted by Gasteiger charge is 2.21. The molecule has 0 aliphatic rings. The average molecular weight is 410 g/mol. The molecule has 0 aliphatic heterocycles. The molecule has 0 aliphatic carbocycles. The minimum Gasteiger partial charge on any atom is -0.480 e. The highest BCUT2D eigenvalue weighted by atomic mass is 32.2. The van der Waals surface area contributed by atoms with Crippen LogP contribution in [0.15, 0.2) is 30.3 Å². The van der Waals surface area contributed by atoms with Crippen LogP contribution in [0.3, 0.4) is 0 Å². The van der Waals surface area contributed by atoms with Crippen LogP contribution in [-0.4, -0.2) is 66.0 Å². The molecule has 0 spiro atoms. The Morgan fingerprint density at radius 2 is 1.71 bits per heavy atom. The molecule has 2 unspecified atom stereocenters. The second-order valence-corrected chi connectivity index (χ2v) is 7.01. The standard InChI is InChI=1S/C18H26N4O5S/c1-28-8-7-14(18(27)21-11-16(24)25)22-15(23)10-20-17(26)13(19)9-12-5-3-2-4-6-12/h2-6,13-14H,7-11,19H2,1H3,(H,20,26)(H,21,27)(H,22,23)(H,24,25). The predicted molar refractivity (Wildman–Crippen MR) is 107 cm³/mol. The summed E-state index contributed by atoms with van der Waals surface area (Å²) in [5.74, 6) is -2.20. The molecule has 0 radical (unpaired) electrons. The lowest BCUT2D eigenvalue weighted by Gasteiger charge is -2.18. The maximum atomic E-state index is 12.1. The Bertz CT molecular complexity index is 671. The molecule has 154 valence electrons. The monoisotopic (exact) mass is 410 g/mol. The molecule has 0 heterocycles. The predicted octanol–water partition coefficient (Wildman–Crippen LogP) is -0.889. The maximum absolute atomic E-state index is 12.1. The van der Waals surface area contributed by atoms with Gasteiger partial charge in [0.2, 0.25) is 17.7 Å². The number of carboxylic acid groups (broad SMARTS) is 1. The number of thioether (sulfide) groups is 1. The third-order valence-corrected chi connectivity index (χ3v) is 4.38. The Hall–Kier alpha value is -2.59. The van der Waals surface area contributed by atoms with Gasteiger partial charge in [-0.1, -0.05) is 30.3 Å². The van der Waals surface area contributed by atoms with Gasteiger partial charge >= 0.3 is 5.97 Å². The lowest BCUT2D eigenvalue weighted by Crippen LogP contribution is -2.51. The molecule has 1 aromatic rings. The fourth-order valence-electron chi connectivity index (χ4n) is 2.30. The fraction of sp³-hybridized carbons (Fsp3) is 0.444. The van der Waals surface area contributed by atoms with Gasteiger partial charge in [-0.15, -0.1) is 0 Å². The van der Waals surface area contributed by atoms with Crippen LogP contribution in [0, 0.1) is 0 Å². The van der Waals surface area contributed by atoms with E-state index in [4.69, 9.17) is 10.8 Å². The van der Waals surface area contributed by atoms with Gasteiger partial charge < -0.3 is 26.8 Å². The number of rotatable bonds is 12. The Labute approximate surface area is 167 Å². The van der Waals surface area contributed by atoms with Crippen LogP contribution >= 0.6 is 11.8 Å². The number of hydrogen-bond acceptors (Lipinski definition) is 6. The van der Waals surface area contributed by atoms with E-state index in [9.17, 15) is 19.2 Å². The lowest BCUT2D eigenvalue weighted by molar-refractivity contribution is -0.138. The summed E-state index contributed by atoms with van der Waals surface area (Å²) in [6.45, 7) is -0.862. The second kappa shape index (κ2) is 12.7. The molecule has 2 atom stereocenters. The number of nitrogens with one attached hydrogen (secondary N) is 3. The van der Waals surface area contributed by atoms with E-state index in [1.54, 1.807) is 0 Å². The molecule has 28 heavy (non-hydrogen) atoms. The van der Waals surface area contributed by atoms with Crippen LogP contribution in [0.5, 0.6) is 0 Å². The first-order valence-corrected chi connectivity index (χ1v) is 10.1. The summed E-state index contributed by atoms with van der Waals surface area (Å²) in [6.07, 6.45) is 2.52. The van der Waals surface area contributed by atoms with Crippen molar-refractivity contribution < 1.29 is 24.3 Å². The molecule has 0 aromatic heterocycles. The minimum absolute atomic E-state index is 0.330. The summed E-state index contributed by atoms with van der Waals surface area (Å²) in [4.78, 5) is 46.7. The van der Waals surface area contributed by atoms with Crippen molar-refractivity contribution in [2.75, 3.05) is 25.1 Å². The van der Waals surface area contributed by atoms with Gasteiger partial charge in [0.15, 0.2) is 0 Å². The van der Waals surface area contributed by atoms with E-state index in [-0.39, 0.29) is 6.54 Å². The molecule has 0 saturated heterocycles. The van der Waals surface area contributed by atoms with Gasteiger partial charge in [-0.2, -0.15) is 11.8 Å². The van der Waals surface area contributed by atoms with Crippen LogP contribution in [0.1, 0.15) is 12.0 Å². The quantitative estimate of drug-likeness (QED) is 0.300. The normalized spacial score (nSPS) is 12.5.